The predicted molar refractivity (Wildman–Crippen MR) is 130 cm³/mol. The van der Waals surface area contributed by atoms with Crippen molar-refractivity contribution in [1.82, 2.24) is 29.7 Å². The van der Waals surface area contributed by atoms with E-state index < -0.39 is 37.6 Å². The molecule has 14 heteroatoms. The lowest BCUT2D eigenvalue weighted by atomic mass is 10.4. The summed E-state index contributed by atoms with van der Waals surface area (Å²) in [6.07, 6.45) is 2.51. The molecule has 2 heterocycles. The molecule has 196 valence electrons. The predicted octanol–water partition coefficient (Wildman–Crippen LogP) is 1.83. The molecule has 0 spiro atoms. The number of nitrogen functional groups attached to an aromatic ring is 1. The molecule has 0 aliphatic rings. The van der Waals surface area contributed by atoms with Gasteiger partial charge < -0.3 is 24.5 Å². The summed E-state index contributed by atoms with van der Waals surface area (Å²) in [7, 11) is -3.61. The molecule has 2 rings (SSSR count). The average molecular weight is 514 g/mol. The van der Waals surface area contributed by atoms with Crippen molar-refractivity contribution in [2.75, 3.05) is 18.7 Å². The van der Waals surface area contributed by atoms with Crippen LogP contribution >= 0.6 is 7.44 Å². The zero-order valence-corrected chi connectivity index (χ0v) is 21.9. The van der Waals surface area contributed by atoms with Gasteiger partial charge in [-0.15, -0.1) is 0 Å². The highest BCUT2D eigenvalue weighted by Gasteiger charge is 2.33. The van der Waals surface area contributed by atoms with Crippen LogP contribution in [-0.2, 0) is 34.9 Å². The fourth-order valence-electron chi connectivity index (χ4n) is 3.10. The fraction of sp³-hybridized carbons (Fsp3) is 0.667. The number of carbonyl (C=O) groups is 2. The van der Waals surface area contributed by atoms with Crippen LogP contribution in [0.5, 0.6) is 0 Å². The number of carbonyl (C=O) groups excluding carboxylic acids is 2. The van der Waals surface area contributed by atoms with Crippen molar-refractivity contribution < 1.29 is 28.4 Å². The number of nitrogens with one attached hydrogen (secondary N) is 2. The first kappa shape index (κ1) is 28.6. The molecule has 1 unspecified atom stereocenters. The maximum Gasteiger partial charge on any atom is 0.323 e. The maximum atomic E-state index is 13.7. The molecule has 0 aliphatic heterocycles. The molecule has 0 radical (unpaired) electrons. The molecule has 13 nitrogen and oxygen atoms in total. The minimum Gasteiger partial charge on any atom is -0.465 e. The molecule has 0 bridgehead atoms. The zero-order valence-electron chi connectivity index (χ0n) is 21.1. The molecule has 0 saturated carbocycles. The topological polar surface area (TPSA) is 173 Å². The van der Waals surface area contributed by atoms with Crippen molar-refractivity contribution >= 4 is 36.4 Å². The summed E-state index contributed by atoms with van der Waals surface area (Å²) in [6.45, 7) is 10.8. The number of nitrogens with zero attached hydrogens (tertiary/aromatic N) is 4. The molecule has 35 heavy (non-hydrogen) atoms. The van der Waals surface area contributed by atoms with E-state index in [1.165, 1.54) is 20.2 Å². The van der Waals surface area contributed by atoms with Crippen LogP contribution in [-0.4, -0.2) is 68.7 Å². The average Bonchev–Trinajstić information content (AvgIpc) is 3.19. The summed E-state index contributed by atoms with van der Waals surface area (Å²) in [6, 6.07) is -1.81. The SMILES string of the molecule is CCCOC(=O)[C@@H](C)NP(=O)(CO[C@H](C)Cn1cnc2c(N)ncnc21)N[C@@H](C)C(=O)OC(C)C. The second kappa shape index (κ2) is 12.9. The third-order valence-corrected chi connectivity index (χ3v) is 6.86. The number of imidazole rings is 1. The van der Waals surface area contributed by atoms with Crippen molar-refractivity contribution in [3.63, 3.8) is 0 Å². The van der Waals surface area contributed by atoms with Gasteiger partial charge >= 0.3 is 11.9 Å². The Morgan fingerprint density at radius 3 is 2.37 bits per heavy atom. The van der Waals surface area contributed by atoms with Gasteiger partial charge in [-0.1, -0.05) is 6.92 Å². The van der Waals surface area contributed by atoms with E-state index in [-0.39, 0.29) is 24.9 Å². The largest absolute Gasteiger partial charge is 0.465 e. The first-order valence-electron chi connectivity index (χ1n) is 11.5. The number of fused-ring (bicyclic) bond motifs is 1. The van der Waals surface area contributed by atoms with Crippen molar-refractivity contribution in [3.05, 3.63) is 12.7 Å². The fourth-order valence-corrected chi connectivity index (χ4v) is 5.25. The number of hydrogen-bond donors (Lipinski definition) is 3. The highest BCUT2D eigenvalue weighted by molar-refractivity contribution is 7.59. The number of anilines is 1. The van der Waals surface area contributed by atoms with E-state index in [4.69, 9.17) is 19.9 Å². The molecular formula is C21H36N7O6P. The Kier molecular flexibility index (Phi) is 10.6. The van der Waals surface area contributed by atoms with E-state index >= 15 is 0 Å². The maximum absolute atomic E-state index is 13.7. The van der Waals surface area contributed by atoms with Gasteiger partial charge in [-0.3, -0.25) is 14.2 Å². The van der Waals surface area contributed by atoms with E-state index in [1.807, 2.05) is 6.92 Å². The number of esters is 2. The Bertz CT molecular complexity index is 1050. The third-order valence-electron chi connectivity index (χ3n) is 4.74. The zero-order chi connectivity index (χ0) is 26.2. The van der Waals surface area contributed by atoms with Crippen LogP contribution in [0.3, 0.4) is 0 Å². The van der Waals surface area contributed by atoms with Gasteiger partial charge in [0.1, 0.15) is 30.3 Å². The van der Waals surface area contributed by atoms with Crippen LogP contribution in [0, 0.1) is 0 Å². The molecule has 4 atom stereocenters. The van der Waals surface area contributed by atoms with Crippen LogP contribution in [0.15, 0.2) is 12.7 Å². The molecule has 0 fully saturated rings. The van der Waals surface area contributed by atoms with E-state index in [1.54, 1.807) is 31.7 Å². The van der Waals surface area contributed by atoms with E-state index in [0.717, 1.165) is 0 Å². The van der Waals surface area contributed by atoms with E-state index in [9.17, 15) is 14.2 Å². The Morgan fingerprint density at radius 1 is 1.09 bits per heavy atom. The normalized spacial score (nSPS) is 16.0. The molecular weight excluding hydrogens is 477 g/mol. The highest BCUT2D eigenvalue weighted by atomic mass is 31.2. The third kappa shape index (κ3) is 8.53. The monoisotopic (exact) mass is 513 g/mol. The molecule has 4 N–H and O–H groups in total. The number of rotatable bonds is 14. The smallest absolute Gasteiger partial charge is 0.323 e. The second-order valence-electron chi connectivity index (χ2n) is 8.53. The van der Waals surface area contributed by atoms with Crippen molar-refractivity contribution in [3.8, 4) is 0 Å². The summed E-state index contributed by atoms with van der Waals surface area (Å²) in [4.78, 5) is 36.9. The summed E-state index contributed by atoms with van der Waals surface area (Å²) < 4.78 is 31.7. The lowest BCUT2D eigenvalue weighted by Crippen LogP contribution is -2.43. The molecule has 2 aromatic rings. The number of hydrogen-bond acceptors (Lipinski definition) is 10. The Morgan fingerprint density at radius 2 is 1.74 bits per heavy atom. The Balaban J connectivity index is 2.10. The summed E-state index contributed by atoms with van der Waals surface area (Å²) >= 11 is 0. The van der Waals surface area contributed by atoms with Gasteiger partial charge in [0.25, 0.3) is 0 Å². The second-order valence-corrected chi connectivity index (χ2v) is 10.8. The Hall–Kier alpha value is -2.60. The number of aromatic nitrogens is 4. The molecule has 0 aromatic carbocycles. The number of ether oxygens (including phenoxy) is 3. The summed E-state index contributed by atoms with van der Waals surface area (Å²) in [5.74, 6) is -0.855. The van der Waals surface area contributed by atoms with Gasteiger partial charge in [0.15, 0.2) is 11.5 Å². The van der Waals surface area contributed by atoms with Gasteiger partial charge in [0, 0.05) is 0 Å². The van der Waals surface area contributed by atoms with Gasteiger partial charge in [-0.2, -0.15) is 0 Å². The van der Waals surface area contributed by atoms with Crippen LogP contribution in [0.25, 0.3) is 11.2 Å². The van der Waals surface area contributed by atoms with Crippen LogP contribution in [0.4, 0.5) is 5.82 Å². The van der Waals surface area contributed by atoms with Gasteiger partial charge in [0.05, 0.1) is 31.7 Å². The highest BCUT2D eigenvalue weighted by Crippen LogP contribution is 2.38. The summed E-state index contributed by atoms with van der Waals surface area (Å²) in [5, 5.41) is 5.55. The van der Waals surface area contributed by atoms with E-state index in [2.05, 4.69) is 25.1 Å². The standard InChI is InChI=1S/C21H36N7O6P/c1-7-8-32-20(29)15(5)26-35(31,27-16(6)21(30)34-13(2)3)12-33-14(4)9-28-11-25-17-18(22)23-10-24-19(17)28/h10-11,13-16H,7-9,12H2,1-6H3,(H2,22,23,24)(H2,26,27,31)/t14-,15-,16+,35?/m1/s1. The van der Waals surface area contributed by atoms with Gasteiger partial charge in [-0.05, 0) is 41.0 Å². The lowest BCUT2D eigenvalue weighted by Gasteiger charge is -2.27. The van der Waals surface area contributed by atoms with Crippen molar-refractivity contribution in [2.45, 2.75) is 78.8 Å². The number of nitrogens with two attached hydrogens (primary N) is 1. The van der Waals surface area contributed by atoms with Crippen molar-refractivity contribution in [2.24, 2.45) is 0 Å². The molecule has 2 aromatic heterocycles. The molecule has 0 amide bonds. The minimum absolute atomic E-state index is 0.250. The van der Waals surface area contributed by atoms with Crippen LogP contribution in [0.1, 0.15) is 48.0 Å². The lowest BCUT2D eigenvalue weighted by molar-refractivity contribution is -0.149. The van der Waals surface area contributed by atoms with Crippen molar-refractivity contribution in [1.29, 1.82) is 0 Å². The van der Waals surface area contributed by atoms with Crippen LogP contribution in [0.2, 0.25) is 0 Å². The molecule has 0 saturated heterocycles. The molecule has 0 aliphatic carbocycles. The van der Waals surface area contributed by atoms with Crippen LogP contribution < -0.4 is 15.9 Å². The minimum atomic E-state index is -3.61. The quantitative estimate of drug-likeness (QED) is 0.247. The first-order valence-corrected chi connectivity index (χ1v) is 13.4. The van der Waals surface area contributed by atoms with Gasteiger partial charge in [-0.25, -0.2) is 25.1 Å². The Labute approximate surface area is 205 Å². The summed E-state index contributed by atoms with van der Waals surface area (Å²) in [5.41, 5.74) is 6.85. The van der Waals surface area contributed by atoms with Gasteiger partial charge in [0.2, 0.25) is 7.44 Å². The van der Waals surface area contributed by atoms with E-state index in [0.29, 0.717) is 24.1 Å². The first-order chi connectivity index (χ1) is 16.5.